The summed E-state index contributed by atoms with van der Waals surface area (Å²) in [6.07, 6.45) is 0. The Bertz CT molecular complexity index is 717. The van der Waals surface area contributed by atoms with Crippen LogP contribution < -0.4 is 10.1 Å². The van der Waals surface area contributed by atoms with Gasteiger partial charge in [-0.15, -0.1) is 0 Å². The van der Waals surface area contributed by atoms with Crippen LogP contribution in [0, 0.1) is 11.6 Å². The molecule has 0 bridgehead atoms. The van der Waals surface area contributed by atoms with Crippen LogP contribution in [0.1, 0.15) is 10.4 Å². The molecule has 2 aromatic carbocycles. The van der Waals surface area contributed by atoms with Gasteiger partial charge < -0.3 is 14.8 Å². The zero-order valence-electron chi connectivity index (χ0n) is 12.1. The van der Waals surface area contributed by atoms with E-state index < -0.39 is 30.1 Å². The highest BCUT2D eigenvalue weighted by Crippen LogP contribution is 2.15. The largest absolute Gasteiger partial charge is 0.497 e. The second-order valence-corrected chi connectivity index (χ2v) is 4.48. The molecule has 2 rings (SSSR count). The normalized spacial score (nSPS) is 10.0. The van der Waals surface area contributed by atoms with Crippen molar-refractivity contribution in [1.82, 2.24) is 0 Å². The van der Waals surface area contributed by atoms with Crippen LogP contribution in [-0.2, 0) is 9.53 Å². The molecule has 5 nitrogen and oxygen atoms in total. The minimum absolute atomic E-state index is 0.232. The molecular weight excluding hydrogens is 308 g/mol. The second kappa shape index (κ2) is 7.35. The lowest BCUT2D eigenvalue weighted by Crippen LogP contribution is -2.21. The number of benzene rings is 2. The van der Waals surface area contributed by atoms with E-state index in [2.05, 4.69) is 5.32 Å². The van der Waals surface area contributed by atoms with E-state index in [0.717, 1.165) is 18.2 Å². The summed E-state index contributed by atoms with van der Waals surface area (Å²) in [7, 11) is 1.49. The SMILES string of the molecule is COc1ccc(C(=O)OCC(=O)Nc2cc(F)ccc2F)cc1. The average molecular weight is 321 g/mol. The molecule has 1 amide bonds. The summed E-state index contributed by atoms with van der Waals surface area (Å²) >= 11 is 0. The predicted octanol–water partition coefficient (Wildman–Crippen LogP) is 2.77. The third kappa shape index (κ3) is 4.50. The first kappa shape index (κ1) is 16.4. The summed E-state index contributed by atoms with van der Waals surface area (Å²) in [5.41, 5.74) is -0.0916. The Hall–Kier alpha value is -2.96. The average Bonchev–Trinajstić information content (AvgIpc) is 2.56. The number of amides is 1. The molecule has 0 fully saturated rings. The highest BCUT2D eigenvalue weighted by Gasteiger charge is 2.12. The molecule has 0 heterocycles. The van der Waals surface area contributed by atoms with Crippen LogP contribution in [0.25, 0.3) is 0 Å². The summed E-state index contributed by atoms with van der Waals surface area (Å²) in [6, 6.07) is 8.73. The van der Waals surface area contributed by atoms with Gasteiger partial charge >= 0.3 is 5.97 Å². The Morgan fingerprint density at radius 2 is 1.78 bits per heavy atom. The molecule has 0 aliphatic heterocycles. The van der Waals surface area contributed by atoms with Crippen molar-refractivity contribution >= 4 is 17.6 Å². The van der Waals surface area contributed by atoms with Gasteiger partial charge in [-0.3, -0.25) is 4.79 Å². The molecule has 0 radical (unpaired) electrons. The van der Waals surface area contributed by atoms with Crippen LogP contribution >= 0.6 is 0 Å². The van der Waals surface area contributed by atoms with Gasteiger partial charge in [0.15, 0.2) is 6.61 Å². The van der Waals surface area contributed by atoms with Gasteiger partial charge in [0.2, 0.25) is 0 Å². The molecule has 1 N–H and O–H groups in total. The summed E-state index contributed by atoms with van der Waals surface area (Å²) < 4.78 is 36.1. The van der Waals surface area contributed by atoms with Crippen molar-refractivity contribution < 1.29 is 27.8 Å². The molecule has 0 saturated carbocycles. The molecule has 2 aromatic rings. The summed E-state index contributed by atoms with van der Waals surface area (Å²) in [4.78, 5) is 23.4. The number of ether oxygens (including phenoxy) is 2. The molecule has 0 saturated heterocycles. The fraction of sp³-hybridized carbons (Fsp3) is 0.125. The number of carbonyl (C=O) groups is 2. The fourth-order valence-corrected chi connectivity index (χ4v) is 1.72. The Balaban J connectivity index is 1.90. The summed E-state index contributed by atoms with van der Waals surface area (Å²) in [6.45, 7) is -0.624. The topological polar surface area (TPSA) is 64.6 Å². The van der Waals surface area contributed by atoms with E-state index in [1.165, 1.54) is 19.2 Å². The van der Waals surface area contributed by atoms with E-state index in [9.17, 15) is 18.4 Å². The van der Waals surface area contributed by atoms with Gasteiger partial charge in [-0.25, -0.2) is 13.6 Å². The maximum Gasteiger partial charge on any atom is 0.338 e. The lowest BCUT2D eigenvalue weighted by molar-refractivity contribution is -0.119. The number of hydrogen-bond donors (Lipinski definition) is 1. The molecule has 0 spiro atoms. The highest BCUT2D eigenvalue weighted by atomic mass is 19.1. The number of esters is 1. The second-order valence-electron chi connectivity index (χ2n) is 4.48. The molecular formula is C16H13F2NO4. The van der Waals surface area contributed by atoms with Crippen molar-refractivity contribution in [3.05, 3.63) is 59.7 Å². The van der Waals surface area contributed by atoms with Crippen molar-refractivity contribution in [1.29, 1.82) is 0 Å². The van der Waals surface area contributed by atoms with Crippen LogP contribution in [0.3, 0.4) is 0 Å². The smallest absolute Gasteiger partial charge is 0.338 e. The zero-order chi connectivity index (χ0) is 16.8. The van der Waals surface area contributed by atoms with E-state index in [-0.39, 0.29) is 11.3 Å². The number of anilines is 1. The van der Waals surface area contributed by atoms with Gasteiger partial charge in [-0.2, -0.15) is 0 Å². The summed E-state index contributed by atoms with van der Waals surface area (Å²) in [5, 5.41) is 2.12. The van der Waals surface area contributed by atoms with E-state index in [1.807, 2.05) is 0 Å². The Kier molecular flexibility index (Phi) is 5.24. The molecule has 23 heavy (non-hydrogen) atoms. The van der Waals surface area contributed by atoms with E-state index in [0.29, 0.717) is 5.75 Å². The number of rotatable bonds is 5. The van der Waals surface area contributed by atoms with Gasteiger partial charge in [0.1, 0.15) is 17.4 Å². The van der Waals surface area contributed by atoms with Crippen LogP contribution in [-0.4, -0.2) is 25.6 Å². The van der Waals surface area contributed by atoms with Crippen molar-refractivity contribution in [3.8, 4) is 5.75 Å². The first-order chi connectivity index (χ1) is 11.0. The van der Waals surface area contributed by atoms with E-state index >= 15 is 0 Å². The van der Waals surface area contributed by atoms with Crippen molar-refractivity contribution in [2.45, 2.75) is 0 Å². The number of hydrogen-bond acceptors (Lipinski definition) is 4. The van der Waals surface area contributed by atoms with Crippen LogP contribution in [0.5, 0.6) is 5.75 Å². The number of methoxy groups -OCH3 is 1. The molecule has 0 atom stereocenters. The minimum atomic E-state index is -0.791. The maximum atomic E-state index is 13.4. The van der Waals surface area contributed by atoms with Crippen molar-refractivity contribution in [3.63, 3.8) is 0 Å². The standard InChI is InChI=1S/C16H13F2NO4/c1-22-12-5-2-10(3-6-12)16(21)23-9-15(20)19-14-8-11(17)4-7-13(14)18/h2-8H,9H2,1H3,(H,19,20). The first-order valence-corrected chi connectivity index (χ1v) is 6.55. The predicted molar refractivity (Wildman–Crippen MR) is 78.3 cm³/mol. The summed E-state index contributed by atoms with van der Waals surface area (Å²) in [5.74, 6) is -2.42. The first-order valence-electron chi connectivity index (χ1n) is 6.55. The molecule has 0 unspecified atom stereocenters. The van der Waals surface area contributed by atoms with Gasteiger partial charge in [0.05, 0.1) is 18.4 Å². The Morgan fingerprint density at radius 3 is 2.43 bits per heavy atom. The monoisotopic (exact) mass is 321 g/mol. The lowest BCUT2D eigenvalue weighted by atomic mass is 10.2. The van der Waals surface area contributed by atoms with Crippen molar-refractivity contribution in [2.24, 2.45) is 0 Å². The van der Waals surface area contributed by atoms with Gasteiger partial charge in [-0.1, -0.05) is 0 Å². The van der Waals surface area contributed by atoms with Gasteiger partial charge in [-0.05, 0) is 36.4 Å². The zero-order valence-corrected chi connectivity index (χ0v) is 12.1. The number of halogens is 2. The molecule has 0 aromatic heterocycles. The Labute approximate surface area is 130 Å². The highest BCUT2D eigenvalue weighted by molar-refractivity contribution is 5.95. The van der Waals surface area contributed by atoms with E-state index in [1.54, 1.807) is 12.1 Å². The van der Waals surface area contributed by atoms with Crippen molar-refractivity contribution in [2.75, 3.05) is 19.0 Å². The lowest BCUT2D eigenvalue weighted by Gasteiger charge is -2.08. The third-order valence-electron chi connectivity index (χ3n) is 2.86. The maximum absolute atomic E-state index is 13.4. The number of carbonyl (C=O) groups excluding carboxylic acids is 2. The number of nitrogens with one attached hydrogen (secondary N) is 1. The molecule has 0 aliphatic carbocycles. The van der Waals surface area contributed by atoms with Crippen LogP contribution in [0.2, 0.25) is 0 Å². The quantitative estimate of drug-likeness (QED) is 0.860. The van der Waals surface area contributed by atoms with Crippen LogP contribution in [0.15, 0.2) is 42.5 Å². The minimum Gasteiger partial charge on any atom is -0.497 e. The van der Waals surface area contributed by atoms with Gasteiger partial charge in [0.25, 0.3) is 5.91 Å². The molecule has 7 heteroatoms. The third-order valence-corrected chi connectivity index (χ3v) is 2.86. The van der Waals surface area contributed by atoms with Gasteiger partial charge in [0, 0.05) is 6.07 Å². The fourth-order valence-electron chi connectivity index (χ4n) is 1.72. The molecule has 120 valence electrons. The molecule has 0 aliphatic rings. The van der Waals surface area contributed by atoms with Crippen LogP contribution in [0.4, 0.5) is 14.5 Å². The Morgan fingerprint density at radius 1 is 1.09 bits per heavy atom. The van der Waals surface area contributed by atoms with E-state index in [4.69, 9.17) is 9.47 Å².